The second kappa shape index (κ2) is 3.43. The lowest BCUT2D eigenvalue weighted by Gasteiger charge is -2.12. The minimum absolute atomic E-state index is 0.162. The number of amides is 1. The molecule has 1 fully saturated rings. The second-order valence-electron chi connectivity index (χ2n) is 2.99. The molecule has 1 amide bonds. The topological polar surface area (TPSA) is 65.2 Å². The Bertz CT molecular complexity index is 299. The van der Waals surface area contributed by atoms with E-state index >= 15 is 0 Å². The minimum atomic E-state index is -0.282. The molecule has 2 rings (SSSR count). The third-order valence-corrected chi connectivity index (χ3v) is 3.03. The van der Waals surface area contributed by atoms with Crippen LogP contribution in [0.25, 0.3) is 0 Å². The Hall–Kier alpha value is -0.940. The lowest BCUT2D eigenvalue weighted by Crippen LogP contribution is -2.25. The smallest absolute Gasteiger partial charge is 0.223 e. The van der Waals surface area contributed by atoms with Gasteiger partial charge >= 0.3 is 0 Å². The molecule has 1 aliphatic rings. The molecule has 13 heavy (non-hydrogen) atoms. The summed E-state index contributed by atoms with van der Waals surface area (Å²) in [5.74, 6) is -0.462. The molecule has 0 spiro atoms. The van der Waals surface area contributed by atoms with Crippen molar-refractivity contribution in [2.45, 2.75) is 12.5 Å². The molecular formula is C8H10N2O2S. The fourth-order valence-corrected chi connectivity index (χ4v) is 2.26. The van der Waals surface area contributed by atoms with Gasteiger partial charge in [0, 0.05) is 12.8 Å². The van der Waals surface area contributed by atoms with E-state index in [1.165, 1.54) is 11.3 Å². The highest BCUT2D eigenvalue weighted by Crippen LogP contribution is 2.35. The van der Waals surface area contributed by atoms with Gasteiger partial charge in [-0.1, -0.05) is 0 Å². The monoisotopic (exact) mass is 198 g/mol. The number of ether oxygens (including phenoxy) is 1. The van der Waals surface area contributed by atoms with E-state index in [2.05, 4.69) is 4.98 Å². The summed E-state index contributed by atoms with van der Waals surface area (Å²) in [6.45, 7) is 0.607. The lowest BCUT2D eigenvalue weighted by atomic mass is 10.0. The molecule has 0 unspecified atom stereocenters. The van der Waals surface area contributed by atoms with Crippen molar-refractivity contribution in [3.05, 3.63) is 16.6 Å². The molecule has 0 saturated carbocycles. The van der Waals surface area contributed by atoms with E-state index in [0.717, 1.165) is 11.3 Å². The van der Waals surface area contributed by atoms with Crippen LogP contribution in [0.3, 0.4) is 0 Å². The van der Waals surface area contributed by atoms with Crippen LogP contribution >= 0.6 is 11.3 Å². The van der Waals surface area contributed by atoms with Crippen LogP contribution in [-0.4, -0.2) is 17.5 Å². The van der Waals surface area contributed by atoms with Gasteiger partial charge in [0.25, 0.3) is 0 Å². The number of rotatable bonds is 2. The summed E-state index contributed by atoms with van der Waals surface area (Å²) in [4.78, 5) is 16.0. The molecule has 1 saturated heterocycles. The molecule has 1 aromatic heterocycles. The van der Waals surface area contributed by atoms with E-state index in [1.807, 2.05) is 0 Å². The van der Waals surface area contributed by atoms with Crippen LogP contribution in [0.1, 0.15) is 17.4 Å². The van der Waals surface area contributed by atoms with Crippen LogP contribution in [0.4, 0.5) is 0 Å². The van der Waals surface area contributed by atoms with Gasteiger partial charge in [-0.05, 0) is 6.42 Å². The number of hydrogen-bond donors (Lipinski definition) is 1. The van der Waals surface area contributed by atoms with Crippen molar-refractivity contribution in [1.29, 1.82) is 0 Å². The molecule has 0 radical (unpaired) electrons. The molecule has 0 aliphatic carbocycles. The Morgan fingerprint density at radius 3 is 3.23 bits per heavy atom. The van der Waals surface area contributed by atoms with Gasteiger partial charge in [-0.2, -0.15) is 0 Å². The summed E-state index contributed by atoms with van der Waals surface area (Å²) >= 11 is 1.50. The summed E-state index contributed by atoms with van der Waals surface area (Å²) in [5.41, 5.74) is 6.99. The number of thiazole rings is 1. The minimum Gasteiger partial charge on any atom is -0.372 e. The summed E-state index contributed by atoms with van der Waals surface area (Å²) in [6.07, 6.45) is 2.29. The van der Waals surface area contributed by atoms with Crippen molar-refractivity contribution in [2.24, 2.45) is 11.7 Å². The standard InChI is InChI=1S/C8H10N2O2S/c9-8(11)5-1-2-12-7(5)6-3-10-4-13-6/h3-5,7H,1-2H2,(H2,9,11)/t5-,7-/m0/s1. The third kappa shape index (κ3) is 1.57. The van der Waals surface area contributed by atoms with Crippen LogP contribution in [-0.2, 0) is 9.53 Å². The average molecular weight is 198 g/mol. The van der Waals surface area contributed by atoms with Gasteiger partial charge in [0.2, 0.25) is 5.91 Å². The van der Waals surface area contributed by atoms with Crippen molar-refractivity contribution < 1.29 is 9.53 Å². The molecule has 0 aromatic carbocycles. The SMILES string of the molecule is NC(=O)[C@H]1CCO[C@@H]1c1cncs1. The van der Waals surface area contributed by atoms with Gasteiger partial charge in [0.05, 0.1) is 16.3 Å². The number of nitrogens with two attached hydrogens (primary N) is 1. The quantitative estimate of drug-likeness (QED) is 0.761. The average Bonchev–Trinajstić information content (AvgIpc) is 2.74. The summed E-state index contributed by atoms with van der Waals surface area (Å²) in [6, 6.07) is 0. The highest BCUT2D eigenvalue weighted by Gasteiger charge is 2.34. The number of primary amides is 1. The van der Waals surface area contributed by atoms with E-state index in [9.17, 15) is 4.79 Å². The molecule has 2 N–H and O–H groups in total. The largest absolute Gasteiger partial charge is 0.372 e. The van der Waals surface area contributed by atoms with E-state index in [1.54, 1.807) is 11.7 Å². The molecular weight excluding hydrogens is 188 g/mol. The maximum Gasteiger partial charge on any atom is 0.223 e. The summed E-state index contributed by atoms with van der Waals surface area (Å²) in [7, 11) is 0. The first kappa shape index (κ1) is 8.65. The Kier molecular flexibility index (Phi) is 2.28. The third-order valence-electron chi connectivity index (χ3n) is 2.19. The molecule has 0 bridgehead atoms. The van der Waals surface area contributed by atoms with Gasteiger partial charge in [-0.15, -0.1) is 11.3 Å². The number of hydrogen-bond acceptors (Lipinski definition) is 4. The van der Waals surface area contributed by atoms with Crippen LogP contribution in [0.2, 0.25) is 0 Å². The number of carbonyl (C=O) groups excluding carboxylic acids is 1. The molecule has 4 nitrogen and oxygen atoms in total. The Morgan fingerprint density at radius 2 is 2.62 bits per heavy atom. The van der Waals surface area contributed by atoms with Crippen molar-refractivity contribution >= 4 is 17.2 Å². The fourth-order valence-electron chi connectivity index (χ4n) is 1.53. The number of carbonyl (C=O) groups is 1. The van der Waals surface area contributed by atoms with Crippen LogP contribution in [0.5, 0.6) is 0 Å². The van der Waals surface area contributed by atoms with Gasteiger partial charge in [0.15, 0.2) is 0 Å². The van der Waals surface area contributed by atoms with E-state index < -0.39 is 0 Å². The van der Waals surface area contributed by atoms with Crippen LogP contribution in [0, 0.1) is 5.92 Å². The van der Waals surface area contributed by atoms with Gasteiger partial charge in [-0.25, -0.2) is 0 Å². The van der Waals surface area contributed by atoms with Gasteiger partial charge in [0.1, 0.15) is 6.10 Å². The van der Waals surface area contributed by atoms with Crippen molar-refractivity contribution in [1.82, 2.24) is 4.98 Å². The first-order chi connectivity index (χ1) is 6.29. The predicted molar refractivity (Wildman–Crippen MR) is 48.1 cm³/mol. The first-order valence-electron chi connectivity index (χ1n) is 4.08. The molecule has 1 aliphatic heterocycles. The molecule has 70 valence electrons. The number of nitrogens with zero attached hydrogens (tertiary/aromatic N) is 1. The first-order valence-corrected chi connectivity index (χ1v) is 4.96. The van der Waals surface area contributed by atoms with Gasteiger partial charge < -0.3 is 10.5 Å². The Labute approximate surface area is 79.7 Å². The fraction of sp³-hybridized carbons (Fsp3) is 0.500. The Morgan fingerprint density at radius 1 is 1.77 bits per heavy atom. The van der Waals surface area contributed by atoms with Crippen molar-refractivity contribution in [3.8, 4) is 0 Å². The van der Waals surface area contributed by atoms with Crippen LogP contribution in [0.15, 0.2) is 11.7 Å². The highest BCUT2D eigenvalue weighted by atomic mass is 32.1. The van der Waals surface area contributed by atoms with Crippen LogP contribution < -0.4 is 5.73 Å². The zero-order valence-electron chi connectivity index (χ0n) is 6.97. The van der Waals surface area contributed by atoms with E-state index in [4.69, 9.17) is 10.5 Å². The second-order valence-corrected chi connectivity index (χ2v) is 3.91. The molecule has 2 atom stereocenters. The predicted octanol–water partition coefficient (Wildman–Crippen LogP) is 0.706. The zero-order chi connectivity index (χ0) is 9.26. The highest BCUT2D eigenvalue weighted by molar-refractivity contribution is 7.09. The Balaban J connectivity index is 2.19. The lowest BCUT2D eigenvalue weighted by molar-refractivity contribution is -0.123. The molecule has 1 aromatic rings. The maximum absolute atomic E-state index is 11.0. The van der Waals surface area contributed by atoms with Crippen molar-refractivity contribution in [3.63, 3.8) is 0 Å². The maximum atomic E-state index is 11.0. The van der Waals surface area contributed by atoms with Crippen molar-refractivity contribution in [2.75, 3.05) is 6.61 Å². The zero-order valence-corrected chi connectivity index (χ0v) is 7.79. The normalized spacial score (nSPS) is 27.7. The molecule has 5 heteroatoms. The summed E-state index contributed by atoms with van der Waals surface area (Å²) < 4.78 is 5.44. The summed E-state index contributed by atoms with van der Waals surface area (Å²) in [5, 5.41) is 0. The number of aromatic nitrogens is 1. The van der Waals surface area contributed by atoms with E-state index in [-0.39, 0.29) is 17.9 Å². The van der Waals surface area contributed by atoms with E-state index in [0.29, 0.717) is 6.61 Å². The van der Waals surface area contributed by atoms with Gasteiger partial charge in [-0.3, -0.25) is 9.78 Å². The molecule has 2 heterocycles.